The van der Waals surface area contributed by atoms with E-state index in [9.17, 15) is 22.8 Å². The number of carbonyl (C=O) groups is 2. The highest BCUT2D eigenvalue weighted by molar-refractivity contribution is 5.99. The minimum atomic E-state index is -4.64. The molecule has 0 saturated heterocycles. The molecule has 2 aliphatic heterocycles. The van der Waals surface area contributed by atoms with E-state index in [4.69, 9.17) is 4.74 Å². The van der Waals surface area contributed by atoms with Crippen LogP contribution in [0.1, 0.15) is 43.7 Å². The Kier molecular flexibility index (Phi) is 5.38. The number of hydrogen-bond acceptors (Lipinski definition) is 4. The summed E-state index contributed by atoms with van der Waals surface area (Å²) in [5.74, 6) is -0.976. The van der Waals surface area contributed by atoms with Gasteiger partial charge in [0.2, 0.25) is 5.91 Å². The van der Waals surface area contributed by atoms with E-state index < -0.39 is 30.6 Å². The predicted octanol–water partition coefficient (Wildman–Crippen LogP) is 2.82. The molecule has 1 aliphatic carbocycles. The molecule has 0 aromatic heterocycles. The molecule has 9 heteroatoms. The Morgan fingerprint density at radius 1 is 1.23 bits per heavy atom. The summed E-state index contributed by atoms with van der Waals surface area (Å²) in [5, 5.41) is 6.13. The second-order valence-electron chi connectivity index (χ2n) is 7.91. The number of hydrogen-bond donors (Lipinski definition) is 2. The van der Waals surface area contributed by atoms with Crippen molar-refractivity contribution in [2.24, 2.45) is 0 Å². The van der Waals surface area contributed by atoms with Crippen LogP contribution in [0.4, 0.5) is 13.2 Å². The van der Waals surface area contributed by atoms with E-state index >= 15 is 0 Å². The lowest BCUT2D eigenvalue weighted by Crippen LogP contribution is -2.54. The van der Waals surface area contributed by atoms with Crippen molar-refractivity contribution in [3.63, 3.8) is 0 Å². The van der Waals surface area contributed by atoms with Gasteiger partial charge in [0, 0.05) is 17.3 Å². The van der Waals surface area contributed by atoms with Gasteiger partial charge in [-0.3, -0.25) is 9.59 Å². The molecule has 6 nitrogen and oxygen atoms in total. The van der Waals surface area contributed by atoms with Gasteiger partial charge in [0.25, 0.3) is 5.91 Å². The molecule has 0 radical (unpaired) electrons. The molecule has 1 saturated carbocycles. The number of ether oxygens (including phenoxy) is 1. The van der Waals surface area contributed by atoms with E-state index in [0.29, 0.717) is 29.0 Å². The van der Waals surface area contributed by atoms with Crippen molar-refractivity contribution in [2.75, 3.05) is 13.7 Å². The minimum Gasteiger partial charge on any atom is -0.496 e. The largest absolute Gasteiger partial charge is 0.496 e. The molecule has 0 unspecified atom stereocenters. The van der Waals surface area contributed by atoms with Crippen LogP contribution >= 0.6 is 0 Å². The number of methoxy groups -OCH3 is 1. The Balaban J connectivity index is 1.90. The van der Waals surface area contributed by atoms with Gasteiger partial charge in [-0.25, -0.2) is 0 Å². The van der Waals surface area contributed by atoms with Crippen molar-refractivity contribution in [1.82, 2.24) is 15.5 Å². The molecule has 4 rings (SSSR count). The second kappa shape index (κ2) is 7.85. The van der Waals surface area contributed by atoms with Crippen molar-refractivity contribution >= 4 is 11.8 Å². The molecule has 1 aromatic rings. The number of benzene rings is 1. The highest BCUT2D eigenvalue weighted by atomic mass is 19.4. The Labute approximate surface area is 172 Å². The lowest BCUT2D eigenvalue weighted by molar-refractivity contribution is -0.165. The van der Waals surface area contributed by atoms with Crippen LogP contribution < -0.4 is 15.4 Å². The first-order valence-electron chi connectivity index (χ1n) is 10.1. The van der Waals surface area contributed by atoms with Crippen LogP contribution in [0.2, 0.25) is 0 Å². The molecule has 0 bridgehead atoms. The molecule has 0 spiro atoms. The first kappa shape index (κ1) is 20.6. The van der Waals surface area contributed by atoms with Gasteiger partial charge in [-0.2, -0.15) is 13.2 Å². The fraction of sp³-hybridized carbons (Fsp3) is 0.524. The van der Waals surface area contributed by atoms with Gasteiger partial charge in [0.1, 0.15) is 12.2 Å². The number of carbonyl (C=O) groups excluding carboxylic acids is 2. The van der Waals surface area contributed by atoms with Gasteiger partial charge in [0.15, 0.2) is 0 Å². The van der Waals surface area contributed by atoms with Gasteiger partial charge in [-0.1, -0.05) is 31.0 Å². The number of nitrogens with one attached hydrogen (secondary N) is 2. The summed E-state index contributed by atoms with van der Waals surface area (Å²) in [7, 11) is 1.46. The predicted molar refractivity (Wildman–Crippen MR) is 102 cm³/mol. The molecule has 2 amide bonds. The fourth-order valence-corrected chi connectivity index (χ4v) is 4.87. The Morgan fingerprint density at radius 3 is 2.70 bits per heavy atom. The first-order chi connectivity index (χ1) is 14.3. The van der Waals surface area contributed by atoms with Gasteiger partial charge >= 0.3 is 6.18 Å². The zero-order valence-corrected chi connectivity index (χ0v) is 16.6. The highest BCUT2D eigenvalue weighted by Gasteiger charge is 2.48. The molecule has 2 N–H and O–H groups in total. The summed E-state index contributed by atoms with van der Waals surface area (Å²) in [6.07, 6.45) is -3.17. The average molecular weight is 423 g/mol. The van der Waals surface area contributed by atoms with Crippen LogP contribution in [0, 0.1) is 0 Å². The Bertz CT molecular complexity index is 884. The Morgan fingerprint density at radius 2 is 1.97 bits per heavy atom. The van der Waals surface area contributed by atoms with Crippen LogP contribution in [0.15, 0.2) is 35.5 Å². The van der Waals surface area contributed by atoms with Crippen molar-refractivity contribution in [3.05, 3.63) is 41.1 Å². The van der Waals surface area contributed by atoms with Crippen LogP contribution in [0.25, 0.3) is 0 Å². The van der Waals surface area contributed by atoms with Gasteiger partial charge in [-0.15, -0.1) is 0 Å². The standard InChI is InChI=1S/C21H24F3N3O3/c1-30-16-9-5-2-6-12(16)19-18-14(11-25-20(18)29)26-13-7-3-4-8-15(13)27(19)17(28)10-21(22,23)24/h2,5-6,9,13,15,19,26H,3-4,7-8,10-11H2,1H3,(H,25,29)/t13-,15-,19-/m1/s1. The zero-order chi connectivity index (χ0) is 21.5. The topological polar surface area (TPSA) is 70.7 Å². The fourth-order valence-electron chi connectivity index (χ4n) is 4.87. The van der Waals surface area contributed by atoms with E-state index in [2.05, 4.69) is 10.6 Å². The lowest BCUT2D eigenvalue weighted by Gasteiger charge is -2.43. The molecular weight excluding hydrogens is 399 g/mol. The molecule has 30 heavy (non-hydrogen) atoms. The van der Waals surface area contributed by atoms with E-state index in [1.165, 1.54) is 12.0 Å². The monoisotopic (exact) mass is 423 g/mol. The maximum absolute atomic E-state index is 13.2. The number of alkyl halides is 3. The van der Waals surface area contributed by atoms with Crippen LogP contribution in [0.5, 0.6) is 5.75 Å². The van der Waals surface area contributed by atoms with Gasteiger partial charge in [0.05, 0.1) is 31.3 Å². The zero-order valence-electron chi connectivity index (χ0n) is 16.6. The normalized spacial score (nSPS) is 26.3. The van der Waals surface area contributed by atoms with Crippen LogP contribution in [-0.4, -0.2) is 48.6 Å². The molecule has 1 fully saturated rings. The number of amides is 2. The molecule has 2 heterocycles. The van der Waals surface area contributed by atoms with Gasteiger partial charge in [-0.05, 0) is 18.9 Å². The van der Waals surface area contributed by atoms with E-state index in [-0.39, 0.29) is 18.5 Å². The number of nitrogens with zero attached hydrogens (tertiary/aromatic N) is 1. The number of fused-ring (bicyclic) bond motifs is 1. The summed E-state index contributed by atoms with van der Waals surface area (Å²) in [5.41, 5.74) is 1.45. The van der Waals surface area contributed by atoms with Crippen molar-refractivity contribution in [1.29, 1.82) is 0 Å². The average Bonchev–Trinajstić information content (AvgIpc) is 2.97. The maximum Gasteiger partial charge on any atom is 0.397 e. The number of para-hydroxylation sites is 1. The molecule has 162 valence electrons. The smallest absolute Gasteiger partial charge is 0.397 e. The molecule has 1 aromatic carbocycles. The van der Waals surface area contributed by atoms with Crippen molar-refractivity contribution in [2.45, 2.75) is 56.4 Å². The van der Waals surface area contributed by atoms with Crippen LogP contribution in [0.3, 0.4) is 0 Å². The summed E-state index contributed by atoms with van der Waals surface area (Å²) >= 11 is 0. The summed E-state index contributed by atoms with van der Waals surface area (Å²) in [4.78, 5) is 27.2. The highest BCUT2D eigenvalue weighted by Crippen LogP contribution is 2.43. The minimum absolute atomic E-state index is 0.201. The third-order valence-corrected chi connectivity index (χ3v) is 6.07. The molecule has 3 aliphatic rings. The molecular formula is C21H24F3N3O3. The third-order valence-electron chi connectivity index (χ3n) is 6.07. The maximum atomic E-state index is 13.2. The summed E-state index contributed by atoms with van der Waals surface area (Å²) in [6, 6.07) is 5.27. The summed E-state index contributed by atoms with van der Waals surface area (Å²) in [6.45, 7) is 0.268. The van der Waals surface area contributed by atoms with Crippen molar-refractivity contribution in [3.8, 4) is 5.75 Å². The van der Waals surface area contributed by atoms with Crippen LogP contribution in [-0.2, 0) is 9.59 Å². The SMILES string of the molecule is COc1ccccc1[C@@H]1C2=C(CNC2=O)N[C@@H]2CCCC[C@H]2N1C(=O)CC(F)(F)F. The van der Waals surface area contributed by atoms with E-state index in [0.717, 1.165) is 19.3 Å². The second-order valence-corrected chi connectivity index (χ2v) is 7.91. The van der Waals surface area contributed by atoms with E-state index in [1.807, 2.05) is 0 Å². The first-order valence-corrected chi connectivity index (χ1v) is 10.1. The van der Waals surface area contributed by atoms with E-state index in [1.54, 1.807) is 24.3 Å². The summed E-state index contributed by atoms with van der Waals surface area (Å²) < 4.78 is 45.1. The van der Waals surface area contributed by atoms with Gasteiger partial charge < -0.3 is 20.3 Å². The Hall–Kier alpha value is -2.71. The third kappa shape index (κ3) is 3.73. The number of halogens is 3. The van der Waals surface area contributed by atoms with Crippen molar-refractivity contribution < 1.29 is 27.5 Å². The quantitative estimate of drug-likeness (QED) is 0.785. The lowest BCUT2D eigenvalue weighted by atomic mass is 9.87. The number of rotatable bonds is 3. The molecule has 3 atom stereocenters.